The number of H-pyrrole nitrogens is 1. The summed E-state index contributed by atoms with van der Waals surface area (Å²) in [5, 5.41) is 2.55. The smallest absolute Gasteiger partial charge is 0.384 e. The van der Waals surface area contributed by atoms with Crippen molar-refractivity contribution in [2.75, 3.05) is 30.3 Å². The first-order chi connectivity index (χ1) is 18.6. The molecule has 10 nitrogen and oxygen atoms in total. The fourth-order valence-electron chi connectivity index (χ4n) is 4.95. The summed E-state index contributed by atoms with van der Waals surface area (Å²) < 4.78 is 42.2. The molecule has 0 bridgehead atoms. The lowest BCUT2D eigenvalue weighted by atomic mass is 10.0. The first kappa shape index (κ1) is 26.1. The summed E-state index contributed by atoms with van der Waals surface area (Å²) in [5.41, 5.74) is 6.59. The van der Waals surface area contributed by atoms with Crippen LogP contribution in [0.25, 0.3) is 0 Å². The van der Waals surface area contributed by atoms with Gasteiger partial charge in [-0.15, -0.1) is 0 Å². The molecular formula is C26H26F3N7O3. The highest BCUT2D eigenvalue weighted by Gasteiger charge is 2.40. The van der Waals surface area contributed by atoms with Crippen molar-refractivity contribution in [1.29, 1.82) is 0 Å². The molecule has 1 aromatic heterocycles. The van der Waals surface area contributed by atoms with Crippen LogP contribution in [0.1, 0.15) is 30.0 Å². The molecule has 0 unspecified atom stereocenters. The Morgan fingerprint density at radius 3 is 2.36 bits per heavy atom. The van der Waals surface area contributed by atoms with E-state index in [9.17, 15) is 27.6 Å². The lowest BCUT2D eigenvalue weighted by molar-refractivity contribution is -0.133. The average molecular weight is 542 g/mol. The van der Waals surface area contributed by atoms with Gasteiger partial charge in [0.1, 0.15) is 12.4 Å². The van der Waals surface area contributed by atoms with Gasteiger partial charge in [-0.2, -0.15) is 13.2 Å². The Balaban J connectivity index is 1.42. The minimum Gasteiger partial charge on any atom is -0.384 e. The molecule has 3 aromatic rings. The summed E-state index contributed by atoms with van der Waals surface area (Å²) in [5.74, 6) is -0.758. The second-order valence-electron chi connectivity index (χ2n) is 9.39. The number of hydrogen-bond acceptors (Lipinski definition) is 5. The van der Waals surface area contributed by atoms with Gasteiger partial charge in [0, 0.05) is 36.5 Å². The lowest BCUT2D eigenvalue weighted by Gasteiger charge is -2.33. The van der Waals surface area contributed by atoms with Gasteiger partial charge in [-0.25, -0.2) is 14.6 Å². The maximum atomic E-state index is 13.6. The number of aliphatic imine (C=N–C) groups is 1. The number of anilines is 2. The number of fused-ring (bicyclic) bond motifs is 1. The van der Waals surface area contributed by atoms with Crippen LogP contribution in [0.15, 0.2) is 70.6 Å². The van der Waals surface area contributed by atoms with Crippen LogP contribution in [0.3, 0.4) is 0 Å². The number of piperidine rings is 1. The minimum absolute atomic E-state index is 0.0520. The number of imidazole rings is 1. The number of urea groups is 1. The zero-order chi connectivity index (χ0) is 27.7. The maximum Gasteiger partial charge on any atom is 0.406 e. The standard InChI is InChI=1S/C26H26F3N7O3/c27-26(28,29)15-36-19-9-5-4-8-18(19)21(16-6-2-1-3-7-16)32-22(23(36)37)33-24(38)34-12-10-17(11-13-34)35-14-20(30)31-25(35)39/h1-9,14,17,22H,10-13,15,30H2,(H,31,39)(H,33,38)/t22-/m0/s1. The third kappa shape index (κ3) is 5.52. The Hall–Kier alpha value is -4.55. The molecule has 0 saturated carbocycles. The van der Waals surface area contributed by atoms with E-state index in [1.165, 1.54) is 21.7 Å². The summed E-state index contributed by atoms with van der Waals surface area (Å²) in [4.78, 5) is 47.8. The van der Waals surface area contributed by atoms with E-state index in [0.29, 0.717) is 28.9 Å². The summed E-state index contributed by atoms with van der Waals surface area (Å²) in [6.45, 7) is -1.01. The molecular weight excluding hydrogens is 515 g/mol. The number of aromatic nitrogens is 2. The topological polar surface area (TPSA) is 129 Å². The highest BCUT2D eigenvalue weighted by Crippen LogP contribution is 2.31. The van der Waals surface area contributed by atoms with Gasteiger partial charge in [0.05, 0.1) is 11.4 Å². The van der Waals surface area contributed by atoms with Crippen LogP contribution in [0, 0.1) is 0 Å². The lowest BCUT2D eigenvalue weighted by Crippen LogP contribution is -2.54. The van der Waals surface area contributed by atoms with Crippen LogP contribution >= 0.6 is 0 Å². The van der Waals surface area contributed by atoms with E-state index < -0.39 is 30.8 Å². The highest BCUT2D eigenvalue weighted by molar-refractivity contribution is 6.20. The van der Waals surface area contributed by atoms with Crippen molar-refractivity contribution < 1.29 is 22.8 Å². The van der Waals surface area contributed by atoms with Crippen LogP contribution in [-0.4, -0.2) is 64.1 Å². The van der Waals surface area contributed by atoms with E-state index >= 15 is 0 Å². The van der Waals surface area contributed by atoms with Gasteiger partial charge in [0.2, 0.25) is 6.17 Å². The number of para-hydroxylation sites is 1. The van der Waals surface area contributed by atoms with Crippen molar-refractivity contribution in [1.82, 2.24) is 19.8 Å². The summed E-state index contributed by atoms with van der Waals surface area (Å²) >= 11 is 0. The van der Waals surface area contributed by atoms with Crippen LogP contribution in [0.2, 0.25) is 0 Å². The number of hydrogen-bond donors (Lipinski definition) is 3. The van der Waals surface area contributed by atoms with E-state index in [2.05, 4.69) is 15.3 Å². The van der Waals surface area contributed by atoms with Crippen molar-refractivity contribution in [2.45, 2.75) is 31.2 Å². The number of nitrogens with zero attached hydrogens (tertiary/aromatic N) is 4. The highest BCUT2D eigenvalue weighted by atomic mass is 19.4. The normalized spacial score (nSPS) is 18.4. The number of benzene rings is 2. The van der Waals surface area contributed by atoms with Gasteiger partial charge in [-0.05, 0) is 18.9 Å². The minimum atomic E-state index is -4.68. The van der Waals surface area contributed by atoms with Crippen molar-refractivity contribution in [3.05, 3.63) is 82.4 Å². The Bertz CT molecular complexity index is 1460. The Labute approximate surface area is 220 Å². The van der Waals surface area contributed by atoms with E-state index in [1.54, 1.807) is 48.5 Å². The second-order valence-corrected chi connectivity index (χ2v) is 9.39. The fourth-order valence-corrected chi connectivity index (χ4v) is 4.95. The molecule has 204 valence electrons. The number of likely N-dealkylation sites (tertiary alicyclic amines) is 1. The largest absolute Gasteiger partial charge is 0.406 e. The summed E-state index contributed by atoms with van der Waals surface area (Å²) in [6.07, 6.45) is -3.86. The molecule has 0 radical (unpaired) electrons. The summed E-state index contributed by atoms with van der Waals surface area (Å²) in [7, 11) is 0. The SMILES string of the molecule is Nc1cn(C2CCN(C(=O)N[C@@H]3N=C(c4ccccc4)c4ccccc4N(CC(F)(F)F)C3=O)CC2)c(=O)[nH]1. The number of carbonyl (C=O) groups excluding carboxylic acids is 2. The molecule has 2 aromatic carbocycles. The van der Waals surface area contributed by atoms with Gasteiger partial charge in [0.15, 0.2) is 0 Å². The average Bonchev–Trinajstić information content (AvgIpc) is 3.21. The third-order valence-corrected chi connectivity index (χ3v) is 6.76. The van der Waals surface area contributed by atoms with Crippen molar-refractivity contribution >= 4 is 29.2 Å². The van der Waals surface area contributed by atoms with Gasteiger partial charge >= 0.3 is 17.9 Å². The number of carbonyl (C=O) groups is 2. The first-order valence-electron chi connectivity index (χ1n) is 12.3. The fraction of sp³-hybridized carbons (Fsp3) is 0.308. The molecule has 1 saturated heterocycles. The Morgan fingerprint density at radius 2 is 1.72 bits per heavy atom. The monoisotopic (exact) mass is 541 g/mol. The number of amides is 3. The van der Waals surface area contributed by atoms with Gasteiger partial charge < -0.3 is 16.0 Å². The Morgan fingerprint density at radius 1 is 1.05 bits per heavy atom. The van der Waals surface area contributed by atoms with Crippen molar-refractivity contribution in [3.63, 3.8) is 0 Å². The third-order valence-electron chi connectivity index (χ3n) is 6.76. The van der Waals surface area contributed by atoms with E-state index in [-0.39, 0.29) is 42.0 Å². The number of alkyl halides is 3. The number of halogens is 3. The molecule has 5 rings (SSSR count). The van der Waals surface area contributed by atoms with Crippen molar-refractivity contribution in [2.24, 2.45) is 4.99 Å². The van der Waals surface area contributed by atoms with Crippen LogP contribution in [0.5, 0.6) is 0 Å². The second kappa shape index (κ2) is 10.3. The predicted octanol–water partition coefficient (Wildman–Crippen LogP) is 2.88. The molecule has 0 spiro atoms. The molecule has 1 atom stereocenters. The number of nitrogens with one attached hydrogen (secondary N) is 2. The number of aromatic amines is 1. The van der Waals surface area contributed by atoms with Crippen molar-refractivity contribution in [3.8, 4) is 0 Å². The van der Waals surface area contributed by atoms with Gasteiger partial charge in [-0.1, -0.05) is 48.5 Å². The predicted molar refractivity (Wildman–Crippen MR) is 139 cm³/mol. The van der Waals surface area contributed by atoms with E-state index in [0.717, 1.165) is 0 Å². The molecule has 1 fully saturated rings. The van der Waals surface area contributed by atoms with E-state index in [1.807, 2.05) is 0 Å². The Kier molecular flexibility index (Phi) is 6.89. The zero-order valence-corrected chi connectivity index (χ0v) is 20.7. The van der Waals surface area contributed by atoms with Gasteiger partial charge in [0.25, 0.3) is 5.91 Å². The number of nitrogen functional groups attached to an aromatic ring is 1. The number of nitrogens with two attached hydrogens (primary N) is 1. The number of benzodiazepines with no additional fused rings is 1. The molecule has 39 heavy (non-hydrogen) atoms. The molecule has 3 amide bonds. The zero-order valence-electron chi connectivity index (χ0n) is 20.7. The van der Waals surface area contributed by atoms with Crippen LogP contribution in [0.4, 0.5) is 29.5 Å². The quantitative estimate of drug-likeness (QED) is 0.469. The first-order valence-corrected chi connectivity index (χ1v) is 12.3. The van der Waals surface area contributed by atoms with Gasteiger partial charge in [-0.3, -0.25) is 19.2 Å². The molecule has 2 aliphatic rings. The molecule has 0 aliphatic carbocycles. The maximum absolute atomic E-state index is 13.6. The van der Waals surface area contributed by atoms with Crippen LogP contribution < -0.4 is 21.6 Å². The molecule has 4 N–H and O–H groups in total. The molecule has 3 heterocycles. The molecule has 2 aliphatic heterocycles. The van der Waals surface area contributed by atoms with Crippen LogP contribution in [-0.2, 0) is 4.79 Å². The molecule has 13 heteroatoms. The number of rotatable bonds is 4. The van der Waals surface area contributed by atoms with E-state index in [4.69, 9.17) is 5.73 Å². The summed E-state index contributed by atoms with van der Waals surface area (Å²) in [6, 6.07) is 14.2.